The van der Waals surface area contributed by atoms with Crippen molar-refractivity contribution in [2.45, 2.75) is 44.6 Å². The first-order chi connectivity index (χ1) is 15.3. The molecule has 2 aromatic carbocycles. The van der Waals surface area contributed by atoms with E-state index in [1.54, 1.807) is 24.3 Å². The Labute approximate surface area is 191 Å². The highest BCUT2D eigenvalue weighted by molar-refractivity contribution is 6.30. The Morgan fingerprint density at radius 1 is 1.03 bits per heavy atom. The number of carbonyl (C=O) groups excluding carboxylic acids is 2. The van der Waals surface area contributed by atoms with E-state index in [2.05, 4.69) is 5.32 Å². The molecule has 8 heteroatoms. The van der Waals surface area contributed by atoms with Crippen LogP contribution >= 0.6 is 11.6 Å². The molecule has 1 amide bonds. The van der Waals surface area contributed by atoms with E-state index in [0.717, 1.165) is 0 Å². The number of ketones is 1. The van der Waals surface area contributed by atoms with Gasteiger partial charge in [-0.15, -0.1) is 0 Å². The maximum Gasteiger partial charge on any atom is 0.306 e. The molecule has 1 saturated carbocycles. The summed E-state index contributed by atoms with van der Waals surface area (Å²) < 4.78 is 5.92. The molecule has 1 fully saturated rings. The number of rotatable bonds is 9. The fourth-order valence-electron chi connectivity index (χ4n) is 3.73. The Balaban J connectivity index is 1.40. The van der Waals surface area contributed by atoms with Crippen LogP contribution in [0.15, 0.2) is 42.5 Å². The van der Waals surface area contributed by atoms with Crippen LogP contribution < -0.4 is 10.1 Å². The molecule has 0 saturated heterocycles. The van der Waals surface area contributed by atoms with Crippen LogP contribution in [0, 0.1) is 5.92 Å². The van der Waals surface area contributed by atoms with Gasteiger partial charge < -0.3 is 20.3 Å². The summed E-state index contributed by atoms with van der Waals surface area (Å²) in [5.41, 5.74) is 0.696. The molecule has 7 nitrogen and oxygen atoms in total. The number of Topliss-reactive ketones (excluding diaryl/α,β-unsaturated/α-hetero) is 1. The zero-order valence-electron chi connectivity index (χ0n) is 17.6. The number of hydrogen-bond acceptors (Lipinski definition) is 5. The van der Waals surface area contributed by atoms with Crippen LogP contribution in [0.5, 0.6) is 11.5 Å². The molecular weight excluding hydrogens is 434 g/mol. The molecule has 1 aliphatic carbocycles. The molecule has 0 atom stereocenters. The number of aliphatic carboxylic acids is 1. The molecule has 0 bridgehead atoms. The summed E-state index contributed by atoms with van der Waals surface area (Å²) in [4.78, 5) is 35.5. The molecule has 0 unspecified atom stereocenters. The number of carbonyl (C=O) groups is 3. The normalized spacial score (nSPS) is 18.0. The summed E-state index contributed by atoms with van der Waals surface area (Å²) in [6.45, 7) is 0.298. The van der Waals surface area contributed by atoms with Crippen molar-refractivity contribution in [3.8, 4) is 11.5 Å². The maximum atomic E-state index is 12.4. The van der Waals surface area contributed by atoms with Gasteiger partial charge in [0.1, 0.15) is 11.5 Å². The molecule has 0 aromatic heterocycles. The van der Waals surface area contributed by atoms with E-state index in [9.17, 15) is 19.5 Å². The quantitative estimate of drug-likeness (QED) is 0.377. The minimum atomic E-state index is -0.742. The molecule has 0 aliphatic heterocycles. The van der Waals surface area contributed by atoms with E-state index in [4.69, 9.17) is 21.4 Å². The van der Waals surface area contributed by atoms with Crippen LogP contribution in [0.1, 0.15) is 59.2 Å². The first kappa shape index (κ1) is 23.6. The topological polar surface area (TPSA) is 113 Å². The van der Waals surface area contributed by atoms with Gasteiger partial charge in [-0.25, -0.2) is 0 Å². The lowest BCUT2D eigenvalue weighted by molar-refractivity contribution is -0.143. The van der Waals surface area contributed by atoms with Crippen LogP contribution in [-0.2, 0) is 4.79 Å². The van der Waals surface area contributed by atoms with Gasteiger partial charge in [0.25, 0.3) is 5.91 Å². The third-order valence-corrected chi connectivity index (χ3v) is 5.81. The van der Waals surface area contributed by atoms with E-state index in [1.165, 1.54) is 18.2 Å². The summed E-state index contributed by atoms with van der Waals surface area (Å²) in [5.74, 6) is -1.02. The van der Waals surface area contributed by atoms with Crippen molar-refractivity contribution in [3.05, 3.63) is 58.6 Å². The molecule has 32 heavy (non-hydrogen) atoms. The fraction of sp³-hybridized carbons (Fsp3) is 0.375. The number of halogens is 1. The van der Waals surface area contributed by atoms with Gasteiger partial charge in [0.2, 0.25) is 0 Å². The largest absolute Gasteiger partial charge is 0.507 e. The second kappa shape index (κ2) is 11.0. The summed E-state index contributed by atoms with van der Waals surface area (Å²) in [5, 5.41) is 21.9. The Bertz CT molecular complexity index is 967. The number of nitrogens with one attached hydrogen (secondary N) is 1. The number of benzene rings is 2. The highest BCUT2D eigenvalue weighted by atomic mass is 35.5. The predicted octanol–water partition coefficient (Wildman–Crippen LogP) is 4.46. The number of ether oxygens (including phenoxy) is 1. The number of phenolic OH excluding ortho intramolecular Hbond substituents is 1. The monoisotopic (exact) mass is 459 g/mol. The van der Waals surface area contributed by atoms with Crippen molar-refractivity contribution in [1.29, 1.82) is 0 Å². The van der Waals surface area contributed by atoms with Crippen molar-refractivity contribution in [3.63, 3.8) is 0 Å². The summed E-state index contributed by atoms with van der Waals surface area (Å²) >= 11 is 5.76. The Morgan fingerprint density at radius 3 is 2.34 bits per heavy atom. The number of amides is 1. The first-order valence-corrected chi connectivity index (χ1v) is 11.0. The second-order valence-corrected chi connectivity index (χ2v) is 8.33. The van der Waals surface area contributed by atoms with E-state index in [1.807, 2.05) is 0 Å². The Hall–Kier alpha value is -3.06. The van der Waals surface area contributed by atoms with Crippen LogP contribution in [0.3, 0.4) is 0 Å². The fourth-order valence-corrected chi connectivity index (χ4v) is 3.89. The van der Waals surface area contributed by atoms with E-state index in [-0.39, 0.29) is 35.5 Å². The van der Waals surface area contributed by atoms with Crippen molar-refractivity contribution in [1.82, 2.24) is 5.32 Å². The minimum absolute atomic E-state index is 0.00385. The number of carboxylic acid groups (broad SMARTS) is 1. The molecule has 0 radical (unpaired) electrons. The van der Waals surface area contributed by atoms with Gasteiger partial charge in [-0.3, -0.25) is 14.4 Å². The standard InChI is InChI=1S/C24H26ClNO6/c25-17-7-12-20(22(28)14-17)23(29)26-13-1-2-21(27)15-3-8-18(9-4-15)32-19-10-5-16(6-11-19)24(30)31/h3-4,7-9,12,14,16,19,28H,1-2,5-6,10-11,13H2,(H,26,29)(H,30,31). The highest BCUT2D eigenvalue weighted by Gasteiger charge is 2.26. The van der Waals surface area contributed by atoms with Crippen LogP contribution in [-0.4, -0.2) is 40.5 Å². The SMILES string of the molecule is O=C(CCCNC(=O)c1ccc(Cl)cc1O)c1ccc(OC2CCC(C(=O)O)CC2)cc1. The van der Waals surface area contributed by atoms with Crippen LogP contribution in [0.4, 0.5) is 0 Å². The van der Waals surface area contributed by atoms with Crippen molar-refractivity contribution in [2.24, 2.45) is 5.92 Å². The molecule has 3 N–H and O–H groups in total. The molecule has 2 aromatic rings. The second-order valence-electron chi connectivity index (χ2n) is 7.90. The van der Waals surface area contributed by atoms with Gasteiger partial charge in [-0.1, -0.05) is 11.6 Å². The minimum Gasteiger partial charge on any atom is -0.507 e. The summed E-state index contributed by atoms with van der Waals surface area (Å²) in [6.07, 6.45) is 3.37. The Morgan fingerprint density at radius 2 is 1.72 bits per heavy atom. The van der Waals surface area contributed by atoms with Gasteiger partial charge in [0.15, 0.2) is 5.78 Å². The van der Waals surface area contributed by atoms with E-state index >= 15 is 0 Å². The average molecular weight is 460 g/mol. The molecule has 3 rings (SSSR count). The third kappa shape index (κ3) is 6.47. The van der Waals surface area contributed by atoms with Crippen molar-refractivity contribution in [2.75, 3.05) is 6.54 Å². The highest BCUT2D eigenvalue weighted by Crippen LogP contribution is 2.28. The van der Waals surface area contributed by atoms with Crippen LogP contribution in [0.2, 0.25) is 5.02 Å². The number of hydrogen-bond donors (Lipinski definition) is 3. The number of aromatic hydroxyl groups is 1. The number of phenols is 1. The molecular formula is C24H26ClNO6. The first-order valence-electron chi connectivity index (χ1n) is 10.6. The number of carboxylic acids is 1. The van der Waals surface area contributed by atoms with Crippen molar-refractivity contribution >= 4 is 29.3 Å². The summed E-state index contributed by atoms with van der Waals surface area (Å²) in [7, 11) is 0. The van der Waals surface area contributed by atoms with Gasteiger partial charge in [-0.2, -0.15) is 0 Å². The lowest BCUT2D eigenvalue weighted by Crippen LogP contribution is -2.27. The van der Waals surface area contributed by atoms with E-state index in [0.29, 0.717) is 55.0 Å². The molecule has 1 aliphatic rings. The maximum absolute atomic E-state index is 12.4. The van der Waals surface area contributed by atoms with Gasteiger partial charge in [0, 0.05) is 23.6 Å². The zero-order chi connectivity index (χ0) is 23.1. The van der Waals surface area contributed by atoms with Crippen molar-refractivity contribution < 1.29 is 29.3 Å². The lowest BCUT2D eigenvalue weighted by Gasteiger charge is -2.26. The molecule has 170 valence electrons. The van der Waals surface area contributed by atoms with Crippen LogP contribution in [0.25, 0.3) is 0 Å². The Kier molecular flexibility index (Phi) is 8.11. The molecule has 0 spiro atoms. The van der Waals surface area contributed by atoms with Gasteiger partial charge in [0.05, 0.1) is 17.6 Å². The lowest BCUT2D eigenvalue weighted by atomic mass is 9.87. The smallest absolute Gasteiger partial charge is 0.306 e. The van der Waals surface area contributed by atoms with E-state index < -0.39 is 11.9 Å². The van der Waals surface area contributed by atoms with Gasteiger partial charge >= 0.3 is 5.97 Å². The average Bonchev–Trinajstić information content (AvgIpc) is 2.77. The van der Waals surface area contributed by atoms with Gasteiger partial charge in [-0.05, 0) is 74.6 Å². The third-order valence-electron chi connectivity index (χ3n) is 5.57. The zero-order valence-corrected chi connectivity index (χ0v) is 18.3. The predicted molar refractivity (Wildman–Crippen MR) is 119 cm³/mol. The summed E-state index contributed by atoms with van der Waals surface area (Å²) in [6, 6.07) is 11.2. The molecule has 0 heterocycles.